The van der Waals surface area contributed by atoms with Crippen LogP contribution in [0.4, 0.5) is 0 Å². The Morgan fingerprint density at radius 1 is 0.677 bits per heavy atom. The van der Waals surface area contributed by atoms with E-state index in [2.05, 4.69) is 64.1 Å². The van der Waals surface area contributed by atoms with Gasteiger partial charge >= 0.3 is 0 Å². The van der Waals surface area contributed by atoms with Gasteiger partial charge in [0.1, 0.15) is 11.5 Å². The highest BCUT2D eigenvalue weighted by Crippen LogP contribution is 2.41. The molecule has 0 fully saturated rings. The van der Waals surface area contributed by atoms with Gasteiger partial charge in [-0.15, -0.1) is 0 Å². The summed E-state index contributed by atoms with van der Waals surface area (Å²) in [7, 11) is 0. The van der Waals surface area contributed by atoms with Crippen LogP contribution in [-0.2, 0) is 18.3 Å². The summed E-state index contributed by atoms with van der Waals surface area (Å²) in [4.78, 5) is 0. The zero-order valence-electron chi connectivity index (χ0n) is 19.6. The molecule has 3 rings (SSSR count). The van der Waals surface area contributed by atoms with Gasteiger partial charge in [-0.2, -0.15) is 0 Å². The van der Waals surface area contributed by atoms with E-state index in [1.807, 2.05) is 12.1 Å². The highest BCUT2D eigenvalue weighted by Gasteiger charge is 2.29. The predicted molar refractivity (Wildman–Crippen MR) is 132 cm³/mol. The second-order valence-corrected chi connectivity index (χ2v) is 8.63. The number of phenols is 2. The molecule has 2 nitrogen and oxygen atoms in total. The molecular weight excluding hydrogens is 380 g/mol. The summed E-state index contributed by atoms with van der Waals surface area (Å²) >= 11 is 0. The van der Waals surface area contributed by atoms with Crippen LogP contribution < -0.4 is 0 Å². The van der Waals surface area contributed by atoms with Gasteiger partial charge in [-0.3, -0.25) is 0 Å². The molecule has 0 amide bonds. The van der Waals surface area contributed by atoms with Crippen molar-refractivity contribution in [2.24, 2.45) is 0 Å². The van der Waals surface area contributed by atoms with Gasteiger partial charge in [-0.05, 0) is 60.6 Å². The Morgan fingerprint density at radius 2 is 1.23 bits per heavy atom. The van der Waals surface area contributed by atoms with Crippen LogP contribution in [0.3, 0.4) is 0 Å². The zero-order chi connectivity index (χ0) is 22.7. The normalized spacial score (nSPS) is 11.0. The van der Waals surface area contributed by atoms with Crippen LogP contribution in [0.15, 0.2) is 72.8 Å². The van der Waals surface area contributed by atoms with E-state index in [9.17, 15) is 5.11 Å². The molecule has 31 heavy (non-hydrogen) atoms. The molecule has 0 heterocycles. The van der Waals surface area contributed by atoms with Gasteiger partial charge in [0.25, 0.3) is 0 Å². The van der Waals surface area contributed by atoms with E-state index in [1.165, 1.54) is 42.4 Å². The number of hydrogen-bond donors (Lipinski definition) is 2. The minimum atomic E-state index is -0.198. The molecule has 0 aliphatic heterocycles. The Balaban J connectivity index is 0.000000412. The second-order valence-electron chi connectivity index (χ2n) is 8.63. The van der Waals surface area contributed by atoms with Crippen LogP contribution in [0.2, 0.25) is 0 Å². The average Bonchev–Trinajstić information content (AvgIpc) is 2.78. The third kappa shape index (κ3) is 6.89. The van der Waals surface area contributed by atoms with Crippen molar-refractivity contribution in [2.45, 2.75) is 71.6 Å². The monoisotopic (exact) mass is 418 g/mol. The summed E-state index contributed by atoms with van der Waals surface area (Å²) < 4.78 is 0. The molecule has 0 radical (unpaired) electrons. The summed E-state index contributed by atoms with van der Waals surface area (Å²) in [6.07, 6.45) is 6.90. The summed E-state index contributed by atoms with van der Waals surface area (Å²) in [5, 5.41) is 19.4. The number of aryl methyl sites for hydroxylation is 1. The predicted octanol–water partition coefficient (Wildman–Crippen LogP) is 7.80. The lowest BCUT2D eigenvalue weighted by molar-refractivity contribution is 0.449. The Labute approximate surface area is 188 Å². The first kappa shape index (κ1) is 24.5. The van der Waals surface area contributed by atoms with Gasteiger partial charge in [-0.1, -0.05) is 95.1 Å². The Hall–Kier alpha value is -2.74. The maximum absolute atomic E-state index is 10.7. The molecule has 0 atom stereocenters. The third-order valence-electron chi connectivity index (χ3n) is 5.84. The summed E-state index contributed by atoms with van der Waals surface area (Å²) in [5.74, 6) is 0.762. The summed E-state index contributed by atoms with van der Waals surface area (Å²) in [6, 6.07) is 23.3. The topological polar surface area (TPSA) is 40.5 Å². The standard InChI is InChI=1S/C23H32O.C6H6O/c1-5-7-12-18-16-17-21(24)22(20(18)15-8-6-2)23(3,4)19-13-10-9-11-14-19;7-6-4-2-1-3-5-6/h9-11,13-14,16-17,24H,5-8,12,15H2,1-4H3;1-5,7H. The molecule has 0 aromatic heterocycles. The quantitative estimate of drug-likeness (QED) is 0.392. The number of phenolic OH excluding ortho intramolecular Hbond substituents is 2. The smallest absolute Gasteiger partial charge is 0.119 e. The van der Waals surface area contributed by atoms with E-state index in [0.29, 0.717) is 11.5 Å². The van der Waals surface area contributed by atoms with Crippen molar-refractivity contribution in [1.29, 1.82) is 0 Å². The maximum Gasteiger partial charge on any atom is 0.119 e. The fraction of sp³-hybridized carbons (Fsp3) is 0.379. The van der Waals surface area contributed by atoms with E-state index in [0.717, 1.165) is 18.4 Å². The van der Waals surface area contributed by atoms with Gasteiger partial charge in [0.15, 0.2) is 0 Å². The number of hydrogen-bond acceptors (Lipinski definition) is 2. The largest absolute Gasteiger partial charge is 0.508 e. The van der Waals surface area contributed by atoms with Crippen molar-refractivity contribution < 1.29 is 10.2 Å². The van der Waals surface area contributed by atoms with Crippen LogP contribution in [0.25, 0.3) is 0 Å². The van der Waals surface area contributed by atoms with Crippen LogP contribution in [0.1, 0.15) is 75.6 Å². The highest BCUT2D eigenvalue weighted by molar-refractivity contribution is 5.53. The number of benzene rings is 3. The van der Waals surface area contributed by atoms with E-state index in [4.69, 9.17) is 5.11 Å². The fourth-order valence-electron chi connectivity index (χ4n) is 4.04. The van der Waals surface area contributed by atoms with Gasteiger partial charge in [0.05, 0.1) is 0 Å². The number of para-hydroxylation sites is 1. The van der Waals surface area contributed by atoms with E-state index in [1.54, 1.807) is 24.3 Å². The van der Waals surface area contributed by atoms with E-state index in [-0.39, 0.29) is 5.41 Å². The van der Waals surface area contributed by atoms with Crippen molar-refractivity contribution in [3.05, 3.63) is 95.1 Å². The molecule has 2 heteroatoms. The van der Waals surface area contributed by atoms with E-state index < -0.39 is 0 Å². The molecule has 166 valence electrons. The van der Waals surface area contributed by atoms with Gasteiger partial charge < -0.3 is 10.2 Å². The maximum atomic E-state index is 10.7. The second kappa shape index (κ2) is 12.2. The first-order valence-electron chi connectivity index (χ1n) is 11.6. The molecule has 0 spiro atoms. The molecule has 0 aliphatic rings. The molecule has 0 saturated carbocycles. The number of unbranched alkanes of at least 4 members (excludes halogenated alkanes) is 2. The lowest BCUT2D eigenvalue weighted by Crippen LogP contribution is -2.22. The highest BCUT2D eigenvalue weighted by atomic mass is 16.3. The Bertz CT molecular complexity index is 899. The van der Waals surface area contributed by atoms with Gasteiger partial charge in [0.2, 0.25) is 0 Å². The molecule has 3 aromatic carbocycles. The average molecular weight is 419 g/mol. The lowest BCUT2D eigenvalue weighted by Gasteiger charge is -2.31. The third-order valence-corrected chi connectivity index (χ3v) is 5.84. The van der Waals surface area contributed by atoms with Crippen molar-refractivity contribution >= 4 is 0 Å². The molecule has 0 saturated heterocycles. The van der Waals surface area contributed by atoms with Gasteiger partial charge in [0, 0.05) is 11.0 Å². The summed E-state index contributed by atoms with van der Waals surface area (Å²) in [5.41, 5.74) is 4.97. The minimum absolute atomic E-state index is 0.198. The van der Waals surface area contributed by atoms with Crippen LogP contribution in [0.5, 0.6) is 11.5 Å². The fourth-order valence-corrected chi connectivity index (χ4v) is 4.04. The molecule has 3 aromatic rings. The van der Waals surface area contributed by atoms with Crippen LogP contribution in [-0.4, -0.2) is 10.2 Å². The first-order valence-corrected chi connectivity index (χ1v) is 11.6. The lowest BCUT2D eigenvalue weighted by atomic mass is 9.73. The Kier molecular flexibility index (Phi) is 9.65. The molecule has 0 unspecified atom stereocenters. The molecule has 0 aliphatic carbocycles. The summed E-state index contributed by atoms with van der Waals surface area (Å²) in [6.45, 7) is 8.93. The minimum Gasteiger partial charge on any atom is -0.508 e. The van der Waals surface area contributed by atoms with Crippen molar-refractivity contribution in [3.8, 4) is 11.5 Å². The molecule has 0 bridgehead atoms. The van der Waals surface area contributed by atoms with Crippen molar-refractivity contribution in [3.63, 3.8) is 0 Å². The first-order chi connectivity index (χ1) is 14.9. The van der Waals surface area contributed by atoms with E-state index >= 15 is 0 Å². The zero-order valence-corrected chi connectivity index (χ0v) is 19.6. The SMILES string of the molecule is CCCCc1ccc(O)c(C(C)(C)c2ccccc2)c1CCCC.Oc1ccccc1. The van der Waals surface area contributed by atoms with Crippen LogP contribution >= 0.6 is 0 Å². The van der Waals surface area contributed by atoms with Crippen molar-refractivity contribution in [2.75, 3.05) is 0 Å². The van der Waals surface area contributed by atoms with Crippen LogP contribution in [0, 0.1) is 0 Å². The number of aromatic hydroxyl groups is 2. The molecular formula is C29H38O2. The van der Waals surface area contributed by atoms with Gasteiger partial charge in [-0.25, -0.2) is 0 Å². The molecule has 2 N–H and O–H groups in total. The number of rotatable bonds is 8. The Morgan fingerprint density at radius 3 is 1.74 bits per heavy atom. The van der Waals surface area contributed by atoms with Crippen molar-refractivity contribution in [1.82, 2.24) is 0 Å².